The van der Waals surface area contributed by atoms with Crippen molar-refractivity contribution < 1.29 is 13.2 Å². The van der Waals surface area contributed by atoms with Crippen LogP contribution in [0, 0.1) is 0 Å². The van der Waals surface area contributed by atoms with E-state index in [4.69, 9.17) is 4.74 Å². The summed E-state index contributed by atoms with van der Waals surface area (Å²) in [5, 5.41) is -0.254. The molecule has 0 saturated carbocycles. The van der Waals surface area contributed by atoms with Gasteiger partial charge in [0.2, 0.25) is 15.0 Å². The maximum atomic E-state index is 12.4. The van der Waals surface area contributed by atoms with Crippen molar-refractivity contribution in [2.75, 3.05) is 19.9 Å². The second-order valence-corrected chi connectivity index (χ2v) is 10.1. The fourth-order valence-corrected chi connectivity index (χ4v) is 4.98. The van der Waals surface area contributed by atoms with Gasteiger partial charge in [0.1, 0.15) is 5.75 Å². The summed E-state index contributed by atoms with van der Waals surface area (Å²) in [7, 11) is -1.88. The smallest absolute Gasteiger partial charge is 0.256 e. The Labute approximate surface area is 172 Å². The number of fused-ring (bicyclic) bond motifs is 1. The highest BCUT2D eigenvalue weighted by Gasteiger charge is 2.23. The summed E-state index contributed by atoms with van der Waals surface area (Å²) >= 11 is 1.71. The molecular weight excluding hydrogens is 410 g/mol. The largest absolute Gasteiger partial charge is 0.497 e. The van der Waals surface area contributed by atoms with Crippen LogP contribution in [0.25, 0.3) is 10.4 Å². The van der Waals surface area contributed by atoms with E-state index in [2.05, 4.69) is 33.1 Å². The second-order valence-electron chi connectivity index (χ2n) is 7.03. The summed E-state index contributed by atoms with van der Waals surface area (Å²) in [4.78, 5) is 23.5. The third kappa shape index (κ3) is 4.26. The van der Waals surface area contributed by atoms with Gasteiger partial charge in [-0.1, -0.05) is 12.1 Å². The Morgan fingerprint density at radius 3 is 2.86 bits per heavy atom. The van der Waals surface area contributed by atoms with Crippen LogP contribution in [0.2, 0.25) is 0 Å². The molecule has 29 heavy (non-hydrogen) atoms. The number of hydrogen-bond donors (Lipinski definition) is 1. The van der Waals surface area contributed by atoms with Crippen molar-refractivity contribution in [3.05, 3.63) is 62.9 Å². The molecule has 4 rings (SSSR count). The molecule has 0 aliphatic carbocycles. The average molecular weight is 432 g/mol. The standard InChI is InChI=1S/C20H21N3O4S2/c1-27-14-5-3-4-13(10-14)18-7-6-15(28-18)11-23-9-8-17-16(12-23)19(24)22-20(21-17)29(2,25)26/h3-7,10H,8-9,11-12H2,1-2H3,(H,21,22,24). The molecule has 152 valence electrons. The number of nitrogens with one attached hydrogen (secondary N) is 1. The lowest BCUT2D eigenvalue weighted by molar-refractivity contribution is 0.243. The van der Waals surface area contributed by atoms with Gasteiger partial charge in [-0.2, -0.15) is 0 Å². The third-order valence-electron chi connectivity index (χ3n) is 4.87. The Kier molecular flexibility index (Phi) is 5.28. The zero-order chi connectivity index (χ0) is 20.6. The van der Waals surface area contributed by atoms with E-state index in [-0.39, 0.29) is 10.7 Å². The van der Waals surface area contributed by atoms with Crippen molar-refractivity contribution in [2.24, 2.45) is 0 Å². The molecule has 7 nitrogen and oxygen atoms in total. The second kappa shape index (κ2) is 7.74. The van der Waals surface area contributed by atoms with Crippen molar-refractivity contribution >= 4 is 21.2 Å². The normalized spacial score (nSPS) is 14.6. The molecule has 1 aliphatic heterocycles. The number of aromatic nitrogens is 2. The van der Waals surface area contributed by atoms with Gasteiger partial charge in [0, 0.05) is 42.1 Å². The molecular formula is C20H21N3O4S2. The zero-order valence-corrected chi connectivity index (χ0v) is 17.8. The molecule has 1 aromatic carbocycles. The van der Waals surface area contributed by atoms with Gasteiger partial charge >= 0.3 is 0 Å². The number of aromatic amines is 1. The van der Waals surface area contributed by atoms with Gasteiger partial charge in [0.15, 0.2) is 0 Å². The highest BCUT2D eigenvalue weighted by Crippen LogP contribution is 2.31. The van der Waals surface area contributed by atoms with Gasteiger partial charge in [-0.25, -0.2) is 13.4 Å². The number of methoxy groups -OCH3 is 1. The van der Waals surface area contributed by atoms with Crippen LogP contribution >= 0.6 is 11.3 Å². The zero-order valence-electron chi connectivity index (χ0n) is 16.1. The SMILES string of the molecule is COc1cccc(-c2ccc(CN3CCc4nc(S(C)(=O)=O)[nH]c(=O)c4C3)s2)c1. The van der Waals surface area contributed by atoms with E-state index in [0.717, 1.165) is 35.5 Å². The molecule has 2 aromatic heterocycles. The highest BCUT2D eigenvalue weighted by atomic mass is 32.2. The minimum Gasteiger partial charge on any atom is -0.497 e. The van der Waals surface area contributed by atoms with Gasteiger partial charge < -0.3 is 4.74 Å². The van der Waals surface area contributed by atoms with Gasteiger partial charge in [-0.3, -0.25) is 14.7 Å². The molecule has 0 unspecified atom stereocenters. The fraction of sp³-hybridized carbons (Fsp3) is 0.300. The number of ether oxygens (including phenoxy) is 1. The lowest BCUT2D eigenvalue weighted by Gasteiger charge is -2.27. The van der Waals surface area contributed by atoms with Crippen LogP contribution in [0.5, 0.6) is 5.75 Å². The van der Waals surface area contributed by atoms with Crippen molar-refractivity contribution in [2.45, 2.75) is 24.7 Å². The lowest BCUT2D eigenvalue weighted by Crippen LogP contribution is -2.35. The first-order chi connectivity index (χ1) is 13.8. The molecule has 9 heteroatoms. The van der Waals surface area contributed by atoms with Crippen molar-refractivity contribution in [3.8, 4) is 16.2 Å². The molecule has 0 fully saturated rings. The molecule has 3 heterocycles. The first kappa shape index (κ1) is 19.8. The monoisotopic (exact) mass is 431 g/mol. The van der Waals surface area contributed by atoms with Gasteiger partial charge in [-0.15, -0.1) is 11.3 Å². The van der Waals surface area contributed by atoms with Crippen LogP contribution in [0.3, 0.4) is 0 Å². The quantitative estimate of drug-likeness (QED) is 0.624. The van der Waals surface area contributed by atoms with Gasteiger partial charge in [-0.05, 0) is 29.8 Å². The number of benzene rings is 1. The van der Waals surface area contributed by atoms with Gasteiger partial charge in [0.25, 0.3) is 5.56 Å². The average Bonchev–Trinajstić information content (AvgIpc) is 3.16. The van der Waals surface area contributed by atoms with Crippen LogP contribution < -0.4 is 10.3 Å². The van der Waals surface area contributed by atoms with Crippen molar-refractivity contribution in [1.29, 1.82) is 0 Å². The molecule has 3 aromatic rings. The molecule has 0 bridgehead atoms. The lowest BCUT2D eigenvalue weighted by atomic mass is 10.1. The predicted molar refractivity (Wildman–Crippen MR) is 112 cm³/mol. The van der Waals surface area contributed by atoms with E-state index < -0.39 is 9.84 Å². The van der Waals surface area contributed by atoms with E-state index in [1.807, 2.05) is 18.2 Å². The maximum Gasteiger partial charge on any atom is 0.256 e. The number of sulfone groups is 1. The first-order valence-electron chi connectivity index (χ1n) is 9.11. The molecule has 0 spiro atoms. The fourth-order valence-electron chi connectivity index (χ4n) is 3.38. The summed E-state index contributed by atoms with van der Waals surface area (Å²) in [5.74, 6) is 0.824. The summed E-state index contributed by atoms with van der Waals surface area (Å²) in [5.41, 5.74) is 1.86. The molecule has 0 radical (unpaired) electrons. The Hall–Kier alpha value is -2.49. The van der Waals surface area contributed by atoms with Crippen molar-refractivity contribution in [3.63, 3.8) is 0 Å². The number of hydrogen-bond acceptors (Lipinski definition) is 7. The third-order valence-corrected chi connectivity index (χ3v) is 6.89. The number of H-pyrrole nitrogens is 1. The number of rotatable bonds is 5. The van der Waals surface area contributed by atoms with Crippen LogP contribution in [0.1, 0.15) is 16.1 Å². The number of thiophene rings is 1. The van der Waals surface area contributed by atoms with Crippen LogP contribution in [0.15, 0.2) is 46.3 Å². The molecule has 0 amide bonds. The number of nitrogens with zero attached hydrogens (tertiary/aromatic N) is 2. The molecule has 0 atom stereocenters. The Balaban J connectivity index is 1.51. The first-order valence-corrected chi connectivity index (χ1v) is 11.8. The minimum atomic E-state index is -3.54. The summed E-state index contributed by atoms with van der Waals surface area (Å²) in [6, 6.07) is 12.2. The molecule has 0 saturated heterocycles. The van der Waals surface area contributed by atoms with E-state index in [0.29, 0.717) is 24.2 Å². The Morgan fingerprint density at radius 1 is 1.28 bits per heavy atom. The highest BCUT2D eigenvalue weighted by molar-refractivity contribution is 7.90. The predicted octanol–water partition coefficient (Wildman–Crippen LogP) is 2.47. The van der Waals surface area contributed by atoms with E-state index in [1.54, 1.807) is 18.4 Å². The maximum absolute atomic E-state index is 12.4. The summed E-state index contributed by atoms with van der Waals surface area (Å²) in [6.07, 6.45) is 1.60. The summed E-state index contributed by atoms with van der Waals surface area (Å²) < 4.78 is 28.7. The summed E-state index contributed by atoms with van der Waals surface area (Å²) in [6.45, 7) is 1.90. The van der Waals surface area contributed by atoms with Crippen LogP contribution in [0.4, 0.5) is 0 Å². The molecule has 1 N–H and O–H groups in total. The van der Waals surface area contributed by atoms with E-state index >= 15 is 0 Å². The molecule has 1 aliphatic rings. The Bertz CT molecular complexity index is 1210. The van der Waals surface area contributed by atoms with E-state index in [1.165, 1.54) is 4.88 Å². The topological polar surface area (TPSA) is 92.4 Å². The van der Waals surface area contributed by atoms with E-state index in [9.17, 15) is 13.2 Å². The van der Waals surface area contributed by atoms with Gasteiger partial charge in [0.05, 0.1) is 18.4 Å². The van der Waals surface area contributed by atoms with Crippen LogP contribution in [-0.4, -0.2) is 43.2 Å². The van der Waals surface area contributed by atoms with Crippen molar-refractivity contribution in [1.82, 2.24) is 14.9 Å². The minimum absolute atomic E-state index is 0.254. The Morgan fingerprint density at radius 2 is 2.10 bits per heavy atom. The van der Waals surface area contributed by atoms with Crippen LogP contribution in [-0.2, 0) is 29.3 Å².